The summed E-state index contributed by atoms with van der Waals surface area (Å²) in [6, 6.07) is 0. The maximum absolute atomic E-state index is 12.3. The molecule has 7 amide bonds. The number of nitrogens with zero attached hydrogens (tertiary/aromatic N) is 3. The van der Waals surface area contributed by atoms with Crippen molar-refractivity contribution in [3.63, 3.8) is 0 Å². The first-order valence-electron chi connectivity index (χ1n) is 14.5. The van der Waals surface area contributed by atoms with Crippen LogP contribution in [-0.2, 0) is 33.6 Å². The highest BCUT2D eigenvalue weighted by molar-refractivity contribution is 5.91. The van der Waals surface area contributed by atoms with Gasteiger partial charge in [0.25, 0.3) is 0 Å². The Morgan fingerprint density at radius 1 is 0.413 bits per heavy atom. The van der Waals surface area contributed by atoms with E-state index in [9.17, 15) is 33.6 Å². The molecule has 0 spiro atoms. The van der Waals surface area contributed by atoms with Crippen LogP contribution in [0.25, 0.3) is 0 Å². The van der Waals surface area contributed by atoms with Gasteiger partial charge in [0, 0.05) is 77.6 Å². The summed E-state index contributed by atoms with van der Waals surface area (Å²) in [5, 5.41) is 10.5. The maximum atomic E-state index is 12.3. The number of allylic oxidation sites excluding steroid dienone is 2. The Balaban J connectivity index is 4.67. The normalized spacial score (nSPS) is 10.3. The lowest BCUT2D eigenvalue weighted by atomic mass is 10.3. The number of hydrogen-bond donors (Lipinski definition) is 4. The Labute approximate surface area is 270 Å². The summed E-state index contributed by atoms with van der Waals surface area (Å²) in [4.78, 5) is 87.7. The van der Waals surface area contributed by atoms with Crippen LogP contribution >= 0.6 is 0 Å². The van der Waals surface area contributed by atoms with Gasteiger partial charge in [-0.05, 0) is 36.8 Å². The molecule has 0 bridgehead atoms. The van der Waals surface area contributed by atoms with E-state index in [4.69, 9.17) is 0 Å². The van der Waals surface area contributed by atoms with Gasteiger partial charge >= 0.3 is 0 Å². The third-order valence-electron chi connectivity index (χ3n) is 6.02. The van der Waals surface area contributed by atoms with E-state index in [1.54, 1.807) is 0 Å². The number of hydrogen-bond acceptors (Lipinski definition) is 7. The second-order valence-electron chi connectivity index (χ2n) is 9.23. The van der Waals surface area contributed by atoms with Crippen LogP contribution in [0.2, 0.25) is 0 Å². The number of amides is 7. The Kier molecular flexibility index (Phi) is 21.9. The van der Waals surface area contributed by atoms with Gasteiger partial charge in [0.2, 0.25) is 41.4 Å². The predicted molar refractivity (Wildman–Crippen MR) is 176 cm³/mol. The molecule has 0 radical (unpaired) electrons. The Hall–Kier alpha value is -5.53. The molecule has 0 unspecified atom stereocenters. The topological polar surface area (TPSA) is 177 Å². The fourth-order valence-corrected chi connectivity index (χ4v) is 3.60. The van der Waals surface area contributed by atoms with Crippen molar-refractivity contribution < 1.29 is 33.6 Å². The smallest absolute Gasteiger partial charge is 0.246 e. The Bertz CT molecular complexity index is 1190. The maximum Gasteiger partial charge on any atom is 0.246 e. The number of carbonyl (C=O) groups excluding carboxylic acids is 7. The van der Waals surface area contributed by atoms with Crippen LogP contribution < -0.4 is 21.3 Å². The van der Waals surface area contributed by atoms with E-state index in [0.717, 1.165) is 24.3 Å². The lowest BCUT2D eigenvalue weighted by molar-refractivity contribution is -0.130. The highest BCUT2D eigenvalue weighted by Gasteiger charge is 2.16. The number of rotatable bonds is 24. The van der Waals surface area contributed by atoms with Crippen molar-refractivity contribution in [1.82, 2.24) is 36.0 Å². The second-order valence-corrected chi connectivity index (χ2v) is 9.23. The molecule has 0 saturated carbocycles. The SMILES string of the molecule is C=CC(=O)NCCCN(CCNC(=O)/C=C/C=C/C(=O)NCCN(CCN(CCNC(=O)C=C)C(=O)C=C)C(=O)C=C)C(=O)C=C. The fraction of sp³-hybridized carbons (Fsp3) is 0.344. The largest absolute Gasteiger partial charge is 0.353 e. The summed E-state index contributed by atoms with van der Waals surface area (Å²) in [5.41, 5.74) is 0. The zero-order chi connectivity index (χ0) is 34.7. The van der Waals surface area contributed by atoms with Gasteiger partial charge in [-0.3, -0.25) is 33.6 Å². The molecule has 14 heteroatoms. The monoisotopic (exact) mass is 639 g/mol. The van der Waals surface area contributed by atoms with E-state index in [2.05, 4.69) is 54.2 Å². The van der Waals surface area contributed by atoms with Crippen molar-refractivity contribution in [3.8, 4) is 0 Å². The molecule has 0 heterocycles. The molecule has 46 heavy (non-hydrogen) atoms. The summed E-state index contributed by atoms with van der Waals surface area (Å²) < 4.78 is 0. The molecule has 0 atom stereocenters. The number of carbonyl (C=O) groups is 7. The fourth-order valence-electron chi connectivity index (χ4n) is 3.60. The van der Waals surface area contributed by atoms with Gasteiger partial charge in [0.1, 0.15) is 0 Å². The second kappa shape index (κ2) is 24.9. The standard InChI is InChI=1S/C32H45N7O7/c1-6-26(40)33-16-13-20-37(30(44)8-3)21-18-35-28(42)14-11-12-15-29(43)36-19-23-39(32(46)10-5)25-24-38(31(45)9-4)22-17-34-27(41)7-2/h6-12,14-15H,1-5,13,16-25H2,(H,33,40)(H,34,41)(H,35,42)(H,36,43)/b14-11+,15-12+. The van der Waals surface area contributed by atoms with E-state index in [0.29, 0.717) is 19.5 Å². The highest BCUT2D eigenvalue weighted by Crippen LogP contribution is 1.97. The van der Waals surface area contributed by atoms with Crippen molar-refractivity contribution in [3.05, 3.63) is 87.6 Å². The lowest BCUT2D eigenvalue weighted by Crippen LogP contribution is -2.45. The molecule has 0 aliphatic carbocycles. The van der Waals surface area contributed by atoms with Gasteiger partial charge in [-0.15, -0.1) is 0 Å². The summed E-state index contributed by atoms with van der Waals surface area (Å²) >= 11 is 0. The van der Waals surface area contributed by atoms with Gasteiger partial charge in [-0.25, -0.2) is 0 Å². The van der Waals surface area contributed by atoms with E-state index in [-0.39, 0.29) is 76.0 Å². The van der Waals surface area contributed by atoms with Crippen molar-refractivity contribution in [1.29, 1.82) is 0 Å². The summed E-state index contributed by atoms with van der Waals surface area (Å²) in [6.45, 7) is 19.2. The van der Waals surface area contributed by atoms with E-state index in [1.807, 2.05) is 0 Å². The van der Waals surface area contributed by atoms with Gasteiger partial charge in [0.05, 0.1) is 0 Å². The molecule has 4 N–H and O–H groups in total. The van der Waals surface area contributed by atoms with E-state index >= 15 is 0 Å². The van der Waals surface area contributed by atoms with E-state index in [1.165, 1.54) is 45.1 Å². The zero-order valence-electron chi connectivity index (χ0n) is 26.2. The molecule has 0 aliphatic heterocycles. The van der Waals surface area contributed by atoms with Gasteiger partial charge < -0.3 is 36.0 Å². The summed E-state index contributed by atoms with van der Waals surface area (Å²) in [6.07, 6.45) is 11.4. The Morgan fingerprint density at radius 3 is 1.09 bits per heavy atom. The van der Waals surface area contributed by atoms with Crippen molar-refractivity contribution >= 4 is 41.4 Å². The molecular weight excluding hydrogens is 594 g/mol. The lowest BCUT2D eigenvalue weighted by Gasteiger charge is -2.27. The minimum absolute atomic E-state index is 0.109. The van der Waals surface area contributed by atoms with Crippen LogP contribution in [-0.4, -0.2) is 121 Å². The molecule has 0 aromatic rings. The summed E-state index contributed by atoms with van der Waals surface area (Å²) in [7, 11) is 0. The minimum Gasteiger partial charge on any atom is -0.353 e. The first-order chi connectivity index (χ1) is 22.0. The predicted octanol–water partition coefficient (Wildman–Crippen LogP) is -0.630. The van der Waals surface area contributed by atoms with Crippen LogP contribution in [0.1, 0.15) is 6.42 Å². The molecular formula is C32H45N7O7. The van der Waals surface area contributed by atoms with Gasteiger partial charge in [0.15, 0.2) is 0 Å². The first-order valence-corrected chi connectivity index (χ1v) is 14.5. The van der Waals surface area contributed by atoms with Crippen LogP contribution in [0.3, 0.4) is 0 Å². The molecule has 0 aromatic heterocycles. The molecule has 0 aliphatic rings. The Morgan fingerprint density at radius 2 is 0.739 bits per heavy atom. The quantitative estimate of drug-likeness (QED) is 0.0617. The minimum atomic E-state index is -0.458. The van der Waals surface area contributed by atoms with Crippen LogP contribution in [0.15, 0.2) is 87.6 Å². The van der Waals surface area contributed by atoms with E-state index < -0.39 is 17.7 Å². The van der Waals surface area contributed by atoms with Crippen LogP contribution in [0.4, 0.5) is 0 Å². The molecule has 0 rings (SSSR count). The third-order valence-corrected chi connectivity index (χ3v) is 6.02. The molecule has 0 saturated heterocycles. The van der Waals surface area contributed by atoms with Crippen molar-refractivity contribution in [2.75, 3.05) is 65.4 Å². The average molecular weight is 640 g/mol. The molecule has 0 aromatic carbocycles. The van der Waals surface area contributed by atoms with Crippen molar-refractivity contribution in [2.45, 2.75) is 6.42 Å². The first kappa shape index (κ1) is 40.5. The van der Waals surface area contributed by atoms with Crippen LogP contribution in [0, 0.1) is 0 Å². The van der Waals surface area contributed by atoms with Gasteiger partial charge in [-0.2, -0.15) is 0 Å². The average Bonchev–Trinajstić information content (AvgIpc) is 3.06. The highest BCUT2D eigenvalue weighted by atomic mass is 16.2. The van der Waals surface area contributed by atoms with Gasteiger partial charge in [-0.1, -0.05) is 45.0 Å². The van der Waals surface area contributed by atoms with Crippen molar-refractivity contribution in [2.24, 2.45) is 0 Å². The molecule has 0 fully saturated rings. The molecule has 250 valence electrons. The third kappa shape index (κ3) is 18.9. The summed E-state index contributed by atoms with van der Waals surface area (Å²) in [5.74, 6) is -2.63. The molecule has 14 nitrogen and oxygen atoms in total. The number of nitrogens with one attached hydrogen (secondary N) is 4. The van der Waals surface area contributed by atoms with Crippen LogP contribution in [0.5, 0.6) is 0 Å². The zero-order valence-corrected chi connectivity index (χ0v) is 26.2.